The molecule has 0 unspecified atom stereocenters. The van der Waals surface area contributed by atoms with E-state index in [9.17, 15) is 0 Å². The van der Waals surface area contributed by atoms with Crippen molar-refractivity contribution >= 4 is 23.0 Å². The maximum Gasteiger partial charge on any atom is 0.173 e. The number of rotatable bonds is 7. The zero-order valence-corrected chi connectivity index (χ0v) is 22.5. The second kappa shape index (κ2) is 11.1. The molecule has 35 heavy (non-hydrogen) atoms. The van der Waals surface area contributed by atoms with Crippen molar-refractivity contribution in [1.29, 1.82) is 0 Å². The Labute approximate surface area is 215 Å². The molecule has 0 aromatic heterocycles. The van der Waals surface area contributed by atoms with Crippen molar-refractivity contribution in [3.63, 3.8) is 0 Å². The first-order chi connectivity index (χ1) is 16.8. The second-order valence-electron chi connectivity index (χ2n) is 10.1. The summed E-state index contributed by atoms with van der Waals surface area (Å²) in [5, 5.41) is 4.27. The Morgan fingerprint density at radius 2 is 1.91 bits per heavy atom. The van der Waals surface area contributed by atoms with Gasteiger partial charge in [-0.15, -0.1) is 0 Å². The van der Waals surface area contributed by atoms with Crippen LogP contribution in [0.2, 0.25) is 0 Å². The van der Waals surface area contributed by atoms with Gasteiger partial charge in [-0.1, -0.05) is 6.07 Å². The average molecular weight is 498 g/mol. The van der Waals surface area contributed by atoms with Crippen LogP contribution in [-0.4, -0.2) is 66.5 Å². The molecule has 6 nitrogen and oxygen atoms in total. The topological polar surface area (TPSA) is 46.2 Å². The van der Waals surface area contributed by atoms with Gasteiger partial charge in [-0.3, -0.25) is 4.90 Å². The van der Waals surface area contributed by atoms with Crippen molar-refractivity contribution in [2.24, 2.45) is 0 Å². The zero-order chi connectivity index (χ0) is 25.0. The maximum atomic E-state index is 6.38. The van der Waals surface area contributed by atoms with Gasteiger partial charge in [0.1, 0.15) is 17.1 Å². The zero-order valence-electron chi connectivity index (χ0n) is 21.7. The highest BCUT2D eigenvalue weighted by molar-refractivity contribution is 7.80. The molecule has 2 aromatic rings. The summed E-state index contributed by atoms with van der Waals surface area (Å²) in [7, 11) is 0. The molecule has 190 valence electrons. The van der Waals surface area contributed by atoms with Crippen LogP contribution in [0, 0.1) is 13.8 Å². The number of aryl methyl sites for hydroxylation is 2. The molecule has 0 aliphatic carbocycles. The highest BCUT2D eigenvalue weighted by Gasteiger charge is 2.38. The number of ether oxygens (including phenoxy) is 3. The van der Waals surface area contributed by atoms with Crippen LogP contribution in [0.4, 0.5) is 5.69 Å². The van der Waals surface area contributed by atoms with Crippen molar-refractivity contribution < 1.29 is 14.2 Å². The van der Waals surface area contributed by atoms with Gasteiger partial charge in [-0.05, 0) is 88.3 Å². The van der Waals surface area contributed by atoms with Crippen LogP contribution < -0.4 is 14.8 Å². The van der Waals surface area contributed by atoms with E-state index in [-0.39, 0.29) is 11.6 Å². The predicted molar refractivity (Wildman–Crippen MR) is 146 cm³/mol. The van der Waals surface area contributed by atoms with E-state index in [1.165, 1.54) is 11.1 Å². The van der Waals surface area contributed by atoms with Gasteiger partial charge >= 0.3 is 0 Å². The molecule has 1 N–H and O–H groups in total. The van der Waals surface area contributed by atoms with Crippen LogP contribution in [0.3, 0.4) is 0 Å². The Balaban J connectivity index is 1.65. The normalized spacial score (nSPS) is 19.4. The van der Waals surface area contributed by atoms with Gasteiger partial charge in [-0.2, -0.15) is 0 Å². The van der Waals surface area contributed by atoms with Gasteiger partial charge in [0.05, 0.1) is 25.9 Å². The molecule has 1 atom stereocenters. The molecule has 0 bridgehead atoms. The van der Waals surface area contributed by atoms with E-state index in [1.54, 1.807) is 0 Å². The molecule has 1 saturated heterocycles. The van der Waals surface area contributed by atoms with E-state index in [1.807, 2.05) is 19.1 Å². The summed E-state index contributed by atoms with van der Waals surface area (Å²) in [6.45, 7) is 16.4. The lowest BCUT2D eigenvalue weighted by Gasteiger charge is -2.44. The second-order valence-corrected chi connectivity index (χ2v) is 10.5. The molecule has 0 amide bonds. The van der Waals surface area contributed by atoms with Crippen molar-refractivity contribution in [3.05, 3.63) is 53.1 Å². The summed E-state index contributed by atoms with van der Waals surface area (Å²) in [4.78, 5) is 4.80. The fraction of sp³-hybridized carbons (Fsp3) is 0.536. The lowest BCUT2D eigenvalue weighted by atomic mass is 9.88. The maximum absolute atomic E-state index is 6.38. The van der Waals surface area contributed by atoms with Crippen LogP contribution in [0.15, 0.2) is 36.4 Å². The molecule has 0 radical (unpaired) electrons. The van der Waals surface area contributed by atoms with Gasteiger partial charge < -0.3 is 24.4 Å². The van der Waals surface area contributed by atoms with Gasteiger partial charge in [0.15, 0.2) is 5.11 Å². The quantitative estimate of drug-likeness (QED) is 0.519. The number of hydrogen-bond donors (Lipinski definition) is 1. The fourth-order valence-electron chi connectivity index (χ4n) is 4.82. The minimum Gasteiger partial charge on any atom is -0.494 e. The number of anilines is 1. The van der Waals surface area contributed by atoms with Gasteiger partial charge in [0.25, 0.3) is 0 Å². The van der Waals surface area contributed by atoms with E-state index in [0.29, 0.717) is 6.61 Å². The van der Waals surface area contributed by atoms with E-state index in [0.717, 1.165) is 73.7 Å². The molecule has 0 spiro atoms. The smallest absolute Gasteiger partial charge is 0.173 e. The summed E-state index contributed by atoms with van der Waals surface area (Å²) in [5.74, 6) is 1.76. The first-order valence-electron chi connectivity index (χ1n) is 12.7. The van der Waals surface area contributed by atoms with E-state index in [2.05, 4.69) is 67.1 Å². The highest BCUT2D eigenvalue weighted by atomic mass is 32.1. The monoisotopic (exact) mass is 497 g/mol. The minimum atomic E-state index is -0.307. The number of fused-ring (bicyclic) bond motifs is 1. The van der Waals surface area contributed by atoms with Crippen LogP contribution in [-0.2, 0) is 4.74 Å². The van der Waals surface area contributed by atoms with Crippen molar-refractivity contribution in [3.8, 4) is 11.5 Å². The molecular weight excluding hydrogens is 458 g/mol. The molecule has 4 rings (SSSR count). The third kappa shape index (κ3) is 6.46. The fourth-order valence-corrected chi connectivity index (χ4v) is 5.15. The van der Waals surface area contributed by atoms with Gasteiger partial charge in [0.2, 0.25) is 0 Å². The molecule has 2 aliphatic rings. The summed E-state index contributed by atoms with van der Waals surface area (Å²) in [6, 6.07) is 12.6. The highest BCUT2D eigenvalue weighted by Crippen LogP contribution is 2.44. The molecule has 7 heteroatoms. The predicted octanol–water partition coefficient (Wildman–Crippen LogP) is 5.34. The van der Waals surface area contributed by atoms with Crippen LogP contribution in [0.25, 0.3) is 0 Å². The Morgan fingerprint density at radius 3 is 2.63 bits per heavy atom. The Kier molecular flexibility index (Phi) is 8.19. The molecule has 2 aliphatic heterocycles. The Hall–Kier alpha value is -2.35. The van der Waals surface area contributed by atoms with Crippen LogP contribution in [0.1, 0.15) is 49.9 Å². The third-order valence-electron chi connectivity index (χ3n) is 6.88. The first-order valence-corrected chi connectivity index (χ1v) is 13.1. The minimum absolute atomic E-state index is 0.0711. The van der Waals surface area contributed by atoms with Crippen LogP contribution in [0.5, 0.6) is 11.5 Å². The number of nitrogens with zero attached hydrogens (tertiary/aromatic N) is 2. The molecule has 0 saturated carbocycles. The SMILES string of the molecule is CCOc1ccc2c(c1)[C@H](N(CCN1CCOCC1)C(=S)Nc1ccc(C)c(C)c1)CC(C)(C)O2. The van der Waals surface area contributed by atoms with E-state index in [4.69, 9.17) is 26.4 Å². The van der Waals surface area contributed by atoms with E-state index >= 15 is 0 Å². The number of thiocarbonyl (C=S) groups is 1. The first kappa shape index (κ1) is 25.7. The Bertz CT molecular complexity index is 1040. The van der Waals surface area contributed by atoms with Crippen molar-refractivity contribution in [2.75, 3.05) is 51.3 Å². The summed E-state index contributed by atoms with van der Waals surface area (Å²) in [6.07, 6.45) is 0.827. The third-order valence-corrected chi connectivity index (χ3v) is 7.22. The van der Waals surface area contributed by atoms with Gasteiger partial charge in [-0.25, -0.2) is 0 Å². The molecule has 1 fully saturated rings. The lowest BCUT2D eigenvalue weighted by Crippen LogP contribution is -2.48. The summed E-state index contributed by atoms with van der Waals surface area (Å²) >= 11 is 6.07. The Morgan fingerprint density at radius 1 is 1.14 bits per heavy atom. The van der Waals surface area contributed by atoms with E-state index < -0.39 is 0 Å². The van der Waals surface area contributed by atoms with Crippen LogP contribution >= 0.6 is 12.2 Å². The van der Waals surface area contributed by atoms with Gasteiger partial charge in [0, 0.05) is 43.9 Å². The lowest BCUT2D eigenvalue weighted by molar-refractivity contribution is 0.0266. The number of morpholine rings is 1. The largest absolute Gasteiger partial charge is 0.494 e. The average Bonchev–Trinajstić information content (AvgIpc) is 2.82. The molecule has 2 aromatic carbocycles. The standard InChI is InChI=1S/C28H39N3O3S/c1-6-33-23-9-10-26-24(18-23)25(19-28(4,5)34-26)31(12-11-30-13-15-32-16-14-30)27(35)29-22-8-7-20(2)21(3)17-22/h7-10,17-18,25H,6,11-16,19H2,1-5H3,(H,29,35)/t25-/m1/s1. The molecular formula is C28H39N3O3S. The number of nitrogens with one attached hydrogen (secondary N) is 1. The molecule has 2 heterocycles. The number of benzene rings is 2. The van der Waals surface area contributed by atoms with Crippen molar-refractivity contribution in [2.45, 2.75) is 52.7 Å². The summed E-state index contributed by atoms with van der Waals surface area (Å²) < 4.78 is 17.8. The number of hydrogen-bond acceptors (Lipinski definition) is 5. The summed E-state index contributed by atoms with van der Waals surface area (Å²) in [5.41, 5.74) is 4.36. The van der Waals surface area contributed by atoms with Crippen molar-refractivity contribution in [1.82, 2.24) is 9.80 Å².